The Kier molecular flexibility index (Phi) is 11.2. The van der Waals surface area contributed by atoms with E-state index in [9.17, 15) is 18.0 Å². The topological polar surface area (TPSA) is 86.8 Å². The Hall–Kier alpha value is -3.07. The average Bonchev–Trinajstić information content (AvgIpc) is 2.89. The van der Waals surface area contributed by atoms with Gasteiger partial charge in [0.1, 0.15) is 12.6 Å². The first-order valence-corrected chi connectivity index (χ1v) is 16.0. The van der Waals surface area contributed by atoms with Crippen LogP contribution in [0.2, 0.25) is 10.0 Å². The molecule has 0 spiro atoms. The van der Waals surface area contributed by atoms with Crippen LogP contribution in [-0.4, -0.2) is 50.5 Å². The van der Waals surface area contributed by atoms with Crippen molar-refractivity contribution in [2.45, 2.75) is 46.7 Å². The van der Waals surface area contributed by atoms with Gasteiger partial charge in [0.2, 0.25) is 21.8 Å². The van der Waals surface area contributed by atoms with Gasteiger partial charge >= 0.3 is 0 Å². The molecular weight excluding hydrogens is 581 g/mol. The Morgan fingerprint density at radius 1 is 0.878 bits per heavy atom. The second-order valence-electron chi connectivity index (χ2n) is 10.7. The van der Waals surface area contributed by atoms with E-state index in [1.807, 2.05) is 64.1 Å². The Labute approximate surface area is 253 Å². The van der Waals surface area contributed by atoms with Crippen LogP contribution >= 0.6 is 23.2 Å². The predicted molar refractivity (Wildman–Crippen MR) is 167 cm³/mol. The number of hydrogen-bond acceptors (Lipinski definition) is 4. The molecule has 2 amide bonds. The fraction of sp³-hybridized carbons (Fsp3) is 0.355. The molecule has 3 aromatic carbocycles. The van der Waals surface area contributed by atoms with Gasteiger partial charge in [-0.2, -0.15) is 0 Å². The second kappa shape index (κ2) is 14.2. The molecule has 0 aromatic heterocycles. The van der Waals surface area contributed by atoms with Crippen LogP contribution in [0.5, 0.6) is 0 Å². The summed E-state index contributed by atoms with van der Waals surface area (Å²) in [7, 11) is -3.84. The standard InChI is InChI=1S/C31H37Cl2N3O4S/c1-21(2)18-34-31(38)29(17-24-9-7-6-8-10-24)35(19-25-11-12-27(32)28(33)16-25)30(37)20-36(41(5,39)40)26-14-22(3)13-23(4)15-26/h6-16,21,29H,17-20H2,1-5H3,(H,34,38)/t29-/m0/s1. The third-order valence-corrected chi connectivity index (χ3v) is 8.35. The van der Waals surface area contributed by atoms with Crippen molar-refractivity contribution in [3.05, 3.63) is 99.0 Å². The van der Waals surface area contributed by atoms with Crippen molar-refractivity contribution in [3.63, 3.8) is 0 Å². The van der Waals surface area contributed by atoms with Gasteiger partial charge < -0.3 is 10.2 Å². The Morgan fingerprint density at radius 2 is 1.51 bits per heavy atom. The first-order valence-electron chi connectivity index (χ1n) is 13.4. The average molecular weight is 619 g/mol. The zero-order valence-electron chi connectivity index (χ0n) is 24.0. The van der Waals surface area contributed by atoms with Crippen molar-refractivity contribution < 1.29 is 18.0 Å². The number of benzene rings is 3. The van der Waals surface area contributed by atoms with E-state index in [0.717, 1.165) is 27.3 Å². The molecule has 0 aliphatic carbocycles. The van der Waals surface area contributed by atoms with Gasteiger partial charge in [-0.3, -0.25) is 13.9 Å². The summed E-state index contributed by atoms with van der Waals surface area (Å²) in [6.45, 7) is 7.67. The van der Waals surface area contributed by atoms with Crippen LogP contribution in [0, 0.1) is 19.8 Å². The van der Waals surface area contributed by atoms with Crippen LogP contribution in [0.4, 0.5) is 5.69 Å². The van der Waals surface area contributed by atoms with E-state index in [-0.39, 0.29) is 24.8 Å². The highest BCUT2D eigenvalue weighted by Gasteiger charge is 2.33. The van der Waals surface area contributed by atoms with Crippen LogP contribution in [-0.2, 0) is 32.6 Å². The SMILES string of the molecule is Cc1cc(C)cc(N(CC(=O)N(Cc2ccc(Cl)c(Cl)c2)[C@@H](Cc2ccccc2)C(=O)NCC(C)C)S(C)(=O)=O)c1. The molecular formula is C31H37Cl2N3O4S. The number of carbonyl (C=O) groups excluding carboxylic acids is 2. The lowest BCUT2D eigenvalue weighted by Gasteiger charge is -2.34. The lowest BCUT2D eigenvalue weighted by atomic mass is 10.0. The minimum Gasteiger partial charge on any atom is -0.354 e. The first kappa shape index (κ1) is 32.4. The monoisotopic (exact) mass is 617 g/mol. The molecule has 0 bridgehead atoms. The lowest BCUT2D eigenvalue weighted by Crippen LogP contribution is -2.53. The van der Waals surface area contributed by atoms with Crippen molar-refractivity contribution >= 4 is 50.7 Å². The number of amides is 2. The van der Waals surface area contributed by atoms with E-state index in [1.165, 1.54) is 4.90 Å². The van der Waals surface area contributed by atoms with Gasteiger partial charge in [0.25, 0.3) is 0 Å². The van der Waals surface area contributed by atoms with E-state index >= 15 is 0 Å². The summed E-state index contributed by atoms with van der Waals surface area (Å²) in [5, 5.41) is 3.64. The Balaban J connectivity index is 2.08. The number of anilines is 1. The minimum absolute atomic E-state index is 0.0206. The molecule has 0 unspecified atom stereocenters. The van der Waals surface area contributed by atoms with Gasteiger partial charge in [0.15, 0.2) is 0 Å². The molecule has 1 N–H and O–H groups in total. The van der Waals surface area contributed by atoms with Crippen LogP contribution in [0.3, 0.4) is 0 Å². The smallest absolute Gasteiger partial charge is 0.244 e. The van der Waals surface area contributed by atoms with Crippen LogP contribution in [0.15, 0.2) is 66.7 Å². The number of aryl methyl sites for hydroxylation is 2. The number of sulfonamides is 1. The summed E-state index contributed by atoms with van der Waals surface area (Å²) in [4.78, 5) is 29.3. The van der Waals surface area contributed by atoms with E-state index in [2.05, 4.69) is 5.32 Å². The van der Waals surface area contributed by atoms with Gasteiger partial charge in [-0.15, -0.1) is 0 Å². The maximum absolute atomic E-state index is 14.2. The summed E-state index contributed by atoms with van der Waals surface area (Å²) < 4.78 is 27.0. The normalized spacial score (nSPS) is 12.2. The zero-order chi connectivity index (χ0) is 30.3. The van der Waals surface area contributed by atoms with Crippen molar-refractivity contribution in [3.8, 4) is 0 Å². The molecule has 0 fully saturated rings. The molecule has 0 saturated heterocycles. The summed E-state index contributed by atoms with van der Waals surface area (Å²) in [5.41, 5.74) is 3.63. The van der Waals surface area contributed by atoms with E-state index in [0.29, 0.717) is 27.8 Å². The summed E-state index contributed by atoms with van der Waals surface area (Å²) >= 11 is 12.4. The Bertz CT molecular complexity index is 1460. The molecule has 0 heterocycles. The molecule has 3 rings (SSSR count). The molecule has 7 nitrogen and oxygen atoms in total. The third kappa shape index (κ3) is 9.48. The fourth-order valence-corrected chi connectivity index (χ4v) is 5.67. The van der Waals surface area contributed by atoms with E-state index in [4.69, 9.17) is 23.2 Å². The van der Waals surface area contributed by atoms with Gasteiger partial charge in [0.05, 0.1) is 22.0 Å². The highest BCUT2D eigenvalue weighted by molar-refractivity contribution is 7.92. The van der Waals surface area contributed by atoms with E-state index in [1.54, 1.807) is 30.3 Å². The van der Waals surface area contributed by atoms with Crippen LogP contribution in [0.1, 0.15) is 36.1 Å². The van der Waals surface area contributed by atoms with Crippen molar-refractivity contribution in [2.75, 3.05) is 23.7 Å². The molecule has 10 heteroatoms. The van der Waals surface area contributed by atoms with Gasteiger partial charge in [-0.05, 0) is 66.3 Å². The quantitative estimate of drug-likeness (QED) is 0.279. The molecule has 1 atom stereocenters. The highest BCUT2D eigenvalue weighted by atomic mass is 35.5. The van der Waals surface area contributed by atoms with Crippen LogP contribution in [0.25, 0.3) is 0 Å². The third-order valence-electron chi connectivity index (χ3n) is 6.47. The number of hydrogen-bond donors (Lipinski definition) is 1. The number of halogens is 2. The van der Waals surface area contributed by atoms with E-state index < -0.39 is 28.5 Å². The van der Waals surface area contributed by atoms with Gasteiger partial charge in [0, 0.05) is 19.5 Å². The highest BCUT2D eigenvalue weighted by Crippen LogP contribution is 2.26. The molecule has 3 aromatic rings. The maximum Gasteiger partial charge on any atom is 0.244 e. The zero-order valence-corrected chi connectivity index (χ0v) is 26.4. The molecule has 0 aliphatic heterocycles. The second-order valence-corrected chi connectivity index (χ2v) is 13.5. The number of nitrogens with zero attached hydrogens (tertiary/aromatic N) is 2. The van der Waals surface area contributed by atoms with Gasteiger partial charge in [-0.1, -0.05) is 79.5 Å². The molecule has 0 radical (unpaired) electrons. The molecule has 0 saturated carbocycles. The number of carbonyl (C=O) groups is 2. The number of nitrogens with one attached hydrogen (secondary N) is 1. The fourth-order valence-electron chi connectivity index (χ4n) is 4.52. The Morgan fingerprint density at radius 3 is 2.07 bits per heavy atom. The van der Waals surface area contributed by atoms with Gasteiger partial charge in [-0.25, -0.2) is 8.42 Å². The molecule has 0 aliphatic rings. The molecule has 220 valence electrons. The first-order chi connectivity index (χ1) is 19.2. The predicted octanol–water partition coefficient (Wildman–Crippen LogP) is 5.79. The maximum atomic E-state index is 14.2. The minimum atomic E-state index is -3.84. The van der Waals surface area contributed by atoms with Crippen molar-refractivity contribution in [1.82, 2.24) is 10.2 Å². The summed E-state index contributed by atoms with van der Waals surface area (Å²) in [6.07, 6.45) is 1.30. The largest absolute Gasteiger partial charge is 0.354 e. The summed E-state index contributed by atoms with van der Waals surface area (Å²) in [6, 6.07) is 18.9. The van der Waals surface area contributed by atoms with Crippen molar-refractivity contribution in [2.24, 2.45) is 5.92 Å². The lowest BCUT2D eigenvalue weighted by molar-refractivity contribution is -0.140. The summed E-state index contributed by atoms with van der Waals surface area (Å²) in [5.74, 6) is -0.657. The van der Waals surface area contributed by atoms with Crippen LogP contribution < -0.4 is 9.62 Å². The molecule has 41 heavy (non-hydrogen) atoms. The number of rotatable bonds is 12. The van der Waals surface area contributed by atoms with Crippen molar-refractivity contribution in [1.29, 1.82) is 0 Å².